The summed E-state index contributed by atoms with van der Waals surface area (Å²) >= 11 is 0. The number of hydrogen-bond donors (Lipinski definition) is 2. The zero-order valence-corrected chi connectivity index (χ0v) is 15.3. The molecule has 152 valence electrons. The largest absolute Gasteiger partial charge is 0.573 e. The van der Waals surface area contributed by atoms with E-state index in [0.717, 1.165) is 31.4 Å². The number of carbonyl (C=O) groups excluding carboxylic acids is 1. The Bertz CT molecular complexity index is 929. The minimum Gasteiger partial charge on any atom is -0.508 e. The predicted molar refractivity (Wildman–Crippen MR) is 91.1 cm³/mol. The number of aromatic hydroxyl groups is 1. The van der Waals surface area contributed by atoms with Crippen molar-refractivity contribution in [2.75, 3.05) is 7.11 Å². The van der Waals surface area contributed by atoms with Crippen LogP contribution in [-0.2, 0) is 26.0 Å². The summed E-state index contributed by atoms with van der Waals surface area (Å²) in [5.74, 6) is -1.63. The number of para-hydroxylation sites is 1. The highest BCUT2D eigenvalue weighted by molar-refractivity contribution is 7.89. The number of nitrogens with one attached hydrogen (secondary N) is 1. The average molecular weight is 419 g/mol. The molecule has 0 amide bonds. The van der Waals surface area contributed by atoms with Crippen LogP contribution >= 0.6 is 0 Å². The van der Waals surface area contributed by atoms with Gasteiger partial charge in [0.25, 0.3) is 0 Å². The second kappa shape index (κ2) is 8.48. The third-order valence-electron chi connectivity index (χ3n) is 3.57. The van der Waals surface area contributed by atoms with Gasteiger partial charge in [0.2, 0.25) is 10.0 Å². The molecule has 0 aliphatic heterocycles. The molecule has 0 aliphatic rings. The second-order valence-corrected chi connectivity index (χ2v) is 7.26. The van der Waals surface area contributed by atoms with Crippen molar-refractivity contribution in [3.8, 4) is 11.5 Å². The molecule has 11 heteroatoms. The van der Waals surface area contributed by atoms with Crippen LogP contribution in [-0.4, -0.2) is 39.0 Å². The summed E-state index contributed by atoms with van der Waals surface area (Å²) in [7, 11) is -3.21. The Balaban J connectivity index is 2.22. The molecule has 0 fully saturated rings. The molecule has 7 nitrogen and oxygen atoms in total. The third kappa shape index (κ3) is 5.86. The number of benzene rings is 2. The molecule has 28 heavy (non-hydrogen) atoms. The van der Waals surface area contributed by atoms with Gasteiger partial charge in [0.05, 0.1) is 12.0 Å². The number of halogens is 3. The van der Waals surface area contributed by atoms with Crippen LogP contribution in [0.1, 0.15) is 5.56 Å². The summed E-state index contributed by atoms with van der Waals surface area (Å²) in [6, 6.07) is 8.12. The van der Waals surface area contributed by atoms with Gasteiger partial charge in [-0.15, -0.1) is 13.2 Å². The van der Waals surface area contributed by atoms with Crippen molar-refractivity contribution >= 4 is 16.0 Å². The summed E-state index contributed by atoms with van der Waals surface area (Å²) < 4.78 is 71.9. The highest BCUT2D eigenvalue weighted by Crippen LogP contribution is 2.24. The fourth-order valence-corrected chi connectivity index (χ4v) is 3.48. The quantitative estimate of drug-likeness (QED) is 0.668. The molecule has 2 aromatic rings. The second-order valence-electron chi connectivity index (χ2n) is 5.55. The summed E-state index contributed by atoms with van der Waals surface area (Å²) in [5, 5.41) is 9.82. The van der Waals surface area contributed by atoms with E-state index in [2.05, 4.69) is 14.2 Å². The summed E-state index contributed by atoms with van der Waals surface area (Å²) in [5.41, 5.74) is 0.300. The molecule has 0 saturated carbocycles. The molecular formula is C17H16F3NO6S. The molecule has 2 rings (SSSR count). The Hall–Kier alpha value is -2.79. The maximum absolute atomic E-state index is 12.5. The maximum atomic E-state index is 12.5. The van der Waals surface area contributed by atoms with Crippen molar-refractivity contribution in [2.24, 2.45) is 0 Å². The number of rotatable bonds is 7. The van der Waals surface area contributed by atoms with Crippen LogP contribution in [0.25, 0.3) is 0 Å². The van der Waals surface area contributed by atoms with E-state index in [9.17, 15) is 31.5 Å². The Labute approximate surface area is 158 Å². The lowest BCUT2D eigenvalue weighted by Crippen LogP contribution is -2.43. The molecule has 1 atom stereocenters. The number of esters is 1. The van der Waals surface area contributed by atoms with Crippen LogP contribution in [0.4, 0.5) is 13.2 Å². The summed E-state index contributed by atoms with van der Waals surface area (Å²) in [6.07, 6.45) is -5.11. The first kappa shape index (κ1) is 21.5. The molecule has 0 spiro atoms. The maximum Gasteiger partial charge on any atom is 0.573 e. The minimum atomic E-state index is -4.91. The molecule has 0 aliphatic carbocycles. The van der Waals surface area contributed by atoms with E-state index in [4.69, 9.17) is 0 Å². The Morgan fingerprint density at radius 2 is 1.75 bits per heavy atom. The molecular weight excluding hydrogens is 403 g/mol. The van der Waals surface area contributed by atoms with Crippen molar-refractivity contribution in [3.63, 3.8) is 0 Å². The van der Waals surface area contributed by atoms with Gasteiger partial charge in [0.1, 0.15) is 17.5 Å². The van der Waals surface area contributed by atoms with Crippen LogP contribution in [0.15, 0.2) is 53.4 Å². The lowest BCUT2D eigenvalue weighted by Gasteiger charge is -2.17. The van der Waals surface area contributed by atoms with E-state index in [-0.39, 0.29) is 17.1 Å². The normalized spacial score (nSPS) is 13.0. The van der Waals surface area contributed by atoms with E-state index in [1.165, 1.54) is 12.1 Å². The number of methoxy groups -OCH3 is 1. The lowest BCUT2D eigenvalue weighted by atomic mass is 10.1. The van der Waals surface area contributed by atoms with E-state index in [1.807, 2.05) is 0 Å². The minimum absolute atomic E-state index is 0.135. The molecule has 2 N–H and O–H groups in total. The smallest absolute Gasteiger partial charge is 0.508 e. The number of phenols is 1. The van der Waals surface area contributed by atoms with Gasteiger partial charge in [-0.05, 0) is 35.9 Å². The van der Waals surface area contributed by atoms with Crippen LogP contribution in [0.5, 0.6) is 11.5 Å². The molecule has 2 aromatic carbocycles. The van der Waals surface area contributed by atoms with Gasteiger partial charge < -0.3 is 14.6 Å². The van der Waals surface area contributed by atoms with Gasteiger partial charge in [0.15, 0.2) is 0 Å². The molecule has 1 unspecified atom stereocenters. The summed E-state index contributed by atoms with van der Waals surface area (Å²) in [6.45, 7) is 0. The van der Waals surface area contributed by atoms with E-state index < -0.39 is 34.1 Å². The number of phenolic OH excluding ortho intramolecular Hbond substituents is 1. The molecule has 0 heterocycles. The number of sulfonamides is 1. The van der Waals surface area contributed by atoms with Gasteiger partial charge in [-0.3, -0.25) is 4.79 Å². The molecule has 0 aromatic heterocycles. The van der Waals surface area contributed by atoms with Crippen LogP contribution in [0.2, 0.25) is 0 Å². The fraction of sp³-hybridized carbons (Fsp3) is 0.235. The van der Waals surface area contributed by atoms with Crippen molar-refractivity contribution in [3.05, 3.63) is 54.1 Å². The van der Waals surface area contributed by atoms with Gasteiger partial charge >= 0.3 is 12.3 Å². The zero-order chi connectivity index (χ0) is 20.9. The van der Waals surface area contributed by atoms with E-state index in [1.54, 1.807) is 12.1 Å². The number of ether oxygens (including phenoxy) is 2. The number of alkyl halides is 3. The highest BCUT2D eigenvalue weighted by Gasteiger charge is 2.31. The van der Waals surface area contributed by atoms with Crippen molar-refractivity contribution < 1.29 is 41.0 Å². The molecule has 0 radical (unpaired) electrons. The Kier molecular flexibility index (Phi) is 6.52. The highest BCUT2D eigenvalue weighted by atomic mass is 32.2. The lowest BCUT2D eigenvalue weighted by molar-refractivity contribution is -0.274. The van der Waals surface area contributed by atoms with Crippen LogP contribution in [0.3, 0.4) is 0 Å². The van der Waals surface area contributed by atoms with Gasteiger partial charge in [-0.2, -0.15) is 4.72 Å². The standard InChI is InChI=1S/C17H16F3NO6S/c1-26-16(23)14(10-11-4-2-3-5-15(11)22)21-28(24,25)13-8-6-12(7-9-13)27-17(18,19)20/h2-9,14,21-22H,10H2,1H3. The van der Waals surface area contributed by atoms with Crippen LogP contribution < -0.4 is 9.46 Å². The van der Waals surface area contributed by atoms with Gasteiger partial charge in [0, 0.05) is 6.42 Å². The van der Waals surface area contributed by atoms with Crippen LogP contribution in [0, 0.1) is 0 Å². The van der Waals surface area contributed by atoms with E-state index in [0.29, 0.717) is 5.56 Å². The fourth-order valence-electron chi connectivity index (χ4n) is 2.29. The van der Waals surface area contributed by atoms with E-state index >= 15 is 0 Å². The topological polar surface area (TPSA) is 102 Å². The molecule has 0 bridgehead atoms. The average Bonchev–Trinajstić information content (AvgIpc) is 2.61. The SMILES string of the molecule is COC(=O)C(Cc1ccccc1O)NS(=O)(=O)c1ccc(OC(F)(F)F)cc1. The van der Waals surface area contributed by atoms with Crippen molar-refractivity contribution in [1.82, 2.24) is 4.72 Å². The van der Waals surface area contributed by atoms with Crippen molar-refractivity contribution in [2.45, 2.75) is 23.7 Å². The van der Waals surface area contributed by atoms with Gasteiger partial charge in [-0.1, -0.05) is 18.2 Å². The number of hydrogen-bond acceptors (Lipinski definition) is 6. The first-order valence-electron chi connectivity index (χ1n) is 7.74. The third-order valence-corrected chi connectivity index (χ3v) is 5.05. The predicted octanol–water partition coefficient (Wildman–Crippen LogP) is 2.35. The number of carbonyl (C=O) groups is 1. The zero-order valence-electron chi connectivity index (χ0n) is 14.4. The Morgan fingerprint density at radius 3 is 2.29 bits per heavy atom. The van der Waals surface area contributed by atoms with Crippen molar-refractivity contribution in [1.29, 1.82) is 0 Å². The first-order chi connectivity index (χ1) is 13.0. The first-order valence-corrected chi connectivity index (χ1v) is 9.23. The summed E-state index contributed by atoms with van der Waals surface area (Å²) in [4.78, 5) is 11.6. The monoisotopic (exact) mass is 419 g/mol. The van der Waals surface area contributed by atoms with Gasteiger partial charge in [-0.25, -0.2) is 8.42 Å². The molecule has 0 saturated heterocycles. The Morgan fingerprint density at radius 1 is 1.14 bits per heavy atom.